The first-order valence-corrected chi connectivity index (χ1v) is 11.8. The predicted octanol–water partition coefficient (Wildman–Crippen LogP) is 3.94. The maximum atomic E-state index is 12.0. The van der Waals surface area contributed by atoms with Gasteiger partial charge in [0.1, 0.15) is 11.9 Å². The first-order valence-electron chi connectivity index (χ1n) is 10.2. The molecule has 3 unspecified atom stereocenters. The van der Waals surface area contributed by atoms with Crippen molar-refractivity contribution in [3.63, 3.8) is 0 Å². The number of carbonyl (C=O) groups is 1. The van der Waals surface area contributed by atoms with Gasteiger partial charge < -0.3 is 10.1 Å². The molecule has 0 heterocycles. The number of nitrogens with one attached hydrogen (secondary N) is 2. The van der Waals surface area contributed by atoms with E-state index in [1.165, 1.54) is 6.42 Å². The third-order valence-electron chi connectivity index (χ3n) is 5.57. The third-order valence-corrected chi connectivity index (χ3v) is 7.42. The lowest BCUT2D eigenvalue weighted by Crippen LogP contribution is -2.31. The van der Waals surface area contributed by atoms with E-state index >= 15 is 0 Å². The number of hydrogen-bond acceptors (Lipinski definition) is 4. The molecule has 28 heavy (non-hydrogen) atoms. The summed E-state index contributed by atoms with van der Waals surface area (Å²) in [5, 5.41) is 2.43. The lowest BCUT2D eigenvalue weighted by Gasteiger charge is -2.20. The summed E-state index contributed by atoms with van der Waals surface area (Å²) in [6.45, 7) is 8.15. The molecule has 2 N–H and O–H groups in total. The smallest absolute Gasteiger partial charge is 0.224 e. The zero-order valence-corrected chi connectivity index (χ0v) is 18.2. The van der Waals surface area contributed by atoms with Crippen LogP contribution >= 0.6 is 0 Å². The fraction of sp³-hybridized carbons (Fsp3) is 0.667. The normalized spacial score (nSPS) is 22.4. The molecule has 0 aromatic heterocycles. The first-order chi connectivity index (χ1) is 13.2. The van der Waals surface area contributed by atoms with Crippen LogP contribution in [0.3, 0.4) is 0 Å². The number of ether oxygens (including phenoxy) is 1. The van der Waals surface area contributed by atoms with E-state index in [2.05, 4.69) is 23.9 Å². The van der Waals surface area contributed by atoms with Gasteiger partial charge in [0.15, 0.2) is 0 Å². The first kappa shape index (κ1) is 22.7. The Kier molecular flexibility index (Phi) is 8.31. The fourth-order valence-electron chi connectivity index (χ4n) is 3.29. The monoisotopic (exact) mass is 410 g/mol. The summed E-state index contributed by atoms with van der Waals surface area (Å²) in [5.41, 5.74) is 0.741. The van der Waals surface area contributed by atoms with Crippen LogP contribution < -0.4 is 14.8 Å². The number of rotatable bonds is 10. The van der Waals surface area contributed by atoms with Gasteiger partial charge in [0, 0.05) is 18.7 Å². The van der Waals surface area contributed by atoms with Gasteiger partial charge in [-0.15, -0.1) is 0 Å². The van der Waals surface area contributed by atoms with Gasteiger partial charge in [0.2, 0.25) is 15.9 Å². The second-order valence-electron chi connectivity index (χ2n) is 8.09. The van der Waals surface area contributed by atoms with E-state index in [0.29, 0.717) is 37.6 Å². The molecule has 7 heteroatoms. The zero-order valence-electron chi connectivity index (χ0n) is 17.4. The van der Waals surface area contributed by atoms with Crippen LogP contribution in [-0.2, 0) is 14.8 Å². The molecule has 0 radical (unpaired) electrons. The molecule has 0 bridgehead atoms. The number of benzene rings is 1. The highest BCUT2D eigenvalue weighted by Gasteiger charge is 2.31. The van der Waals surface area contributed by atoms with Crippen LogP contribution in [0.4, 0.5) is 5.69 Å². The van der Waals surface area contributed by atoms with Gasteiger partial charge in [0.05, 0.1) is 5.25 Å². The number of unbranched alkanes of at least 4 members (excludes halogenated alkanes) is 1. The third kappa shape index (κ3) is 6.78. The molecule has 158 valence electrons. The van der Waals surface area contributed by atoms with Crippen LogP contribution in [0.1, 0.15) is 59.8 Å². The maximum absolute atomic E-state index is 12.0. The zero-order chi connectivity index (χ0) is 20.7. The molecule has 1 saturated carbocycles. The summed E-state index contributed by atoms with van der Waals surface area (Å²) in [4.78, 5) is 12.0. The topological polar surface area (TPSA) is 84.5 Å². The highest BCUT2D eigenvalue weighted by molar-refractivity contribution is 7.90. The lowest BCUT2D eigenvalue weighted by molar-refractivity contribution is -0.116. The van der Waals surface area contributed by atoms with Crippen molar-refractivity contribution in [2.24, 2.45) is 11.8 Å². The molecule has 0 saturated heterocycles. The van der Waals surface area contributed by atoms with Crippen LogP contribution in [-0.4, -0.2) is 32.2 Å². The molecule has 3 atom stereocenters. The highest BCUT2D eigenvalue weighted by Crippen LogP contribution is 2.34. The Balaban J connectivity index is 1.68. The molecule has 0 spiro atoms. The Morgan fingerprint density at radius 1 is 1.14 bits per heavy atom. The largest absolute Gasteiger partial charge is 0.490 e. The number of anilines is 1. The van der Waals surface area contributed by atoms with E-state index in [-0.39, 0.29) is 12.0 Å². The van der Waals surface area contributed by atoms with E-state index in [0.717, 1.165) is 17.9 Å². The van der Waals surface area contributed by atoms with Gasteiger partial charge in [-0.25, -0.2) is 13.1 Å². The lowest BCUT2D eigenvalue weighted by atomic mass is 9.99. The number of amides is 1. The highest BCUT2D eigenvalue weighted by atomic mass is 32.2. The summed E-state index contributed by atoms with van der Waals surface area (Å²) in [6, 6.07) is 7.50. The van der Waals surface area contributed by atoms with E-state index in [1.807, 2.05) is 24.3 Å². The minimum Gasteiger partial charge on any atom is -0.490 e. The molecule has 6 nitrogen and oxygen atoms in total. The molecule has 1 aliphatic rings. The van der Waals surface area contributed by atoms with Gasteiger partial charge in [-0.3, -0.25) is 4.79 Å². The molecular formula is C21H34N2O4S. The second kappa shape index (κ2) is 10.3. The molecule has 1 fully saturated rings. The predicted molar refractivity (Wildman–Crippen MR) is 113 cm³/mol. The quantitative estimate of drug-likeness (QED) is 0.572. The Morgan fingerprint density at radius 3 is 2.39 bits per heavy atom. The molecule has 1 aliphatic carbocycles. The SMILES string of the molecule is CC1CCC(Oc2ccc(NC(=O)CCCCNS(=O)(=O)C(C)C)cc2)C1C. The van der Waals surface area contributed by atoms with Gasteiger partial charge in [0.25, 0.3) is 0 Å². The number of sulfonamides is 1. The molecule has 2 rings (SSSR count). The summed E-state index contributed by atoms with van der Waals surface area (Å²) in [6.07, 6.45) is 4.19. The minimum absolute atomic E-state index is 0.0707. The van der Waals surface area contributed by atoms with Crippen molar-refractivity contribution in [1.29, 1.82) is 0 Å². The maximum Gasteiger partial charge on any atom is 0.224 e. The van der Waals surface area contributed by atoms with E-state index in [1.54, 1.807) is 13.8 Å². The van der Waals surface area contributed by atoms with Crippen molar-refractivity contribution in [1.82, 2.24) is 4.72 Å². The average molecular weight is 411 g/mol. The standard InChI is InChI=1S/C21H34N2O4S/c1-15(2)28(25,26)22-14-6-5-7-21(24)23-18-9-11-19(12-10-18)27-20-13-8-16(3)17(20)4/h9-12,15-17,20,22H,5-8,13-14H2,1-4H3,(H,23,24). The molecular weight excluding hydrogens is 376 g/mol. The Bertz CT molecular complexity index is 731. The Hall–Kier alpha value is -1.60. The summed E-state index contributed by atoms with van der Waals surface area (Å²) >= 11 is 0. The van der Waals surface area contributed by atoms with Crippen LogP contribution in [0.5, 0.6) is 5.75 Å². The van der Waals surface area contributed by atoms with E-state index < -0.39 is 15.3 Å². The fourth-order valence-corrected chi connectivity index (χ4v) is 4.05. The van der Waals surface area contributed by atoms with Crippen LogP contribution in [0.15, 0.2) is 24.3 Å². The summed E-state index contributed by atoms with van der Waals surface area (Å²) < 4.78 is 31.9. The van der Waals surface area contributed by atoms with Crippen molar-refractivity contribution >= 4 is 21.6 Å². The average Bonchev–Trinajstić information content (AvgIpc) is 2.95. The van der Waals surface area contributed by atoms with Crippen molar-refractivity contribution in [3.05, 3.63) is 24.3 Å². The van der Waals surface area contributed by atoms with E-state index in [4.69, 9.17) is 4.74 Å². The van der Waals surface area contributed by atoms with Gasteiger partial charge >= 0.3 is 0 Å². The molecule has 1 amide bonds. The summed E-state index contributed by atoms with van der Waals surface area (Å²) in [7, 11) is -3.23. The minimum atomic E-state index is -3.23. The van der Waals surface area contributed by atoms with Gasteiger partial charge in [-0.2, -0.15) is 0 Å². The number of hydrogen-bond donors (Lipinski definition) is 2. The molecule has 0 aliphatic heterocycles. The van der Waals surface area contributed by atoms with Crippen molar-refractivity contribution in [2.45, 2.75) is 71.2 Å². The van der Waals surface area contributed by atoms with Crippen LogP contribution in [0.25, 0.3) is 0 Å². The van der Waals surface area contributed by atoms with Crippen LogP contribution in [0.2, 0.25) is 0 Å². The second-order valence-corrected chi connectivity index (χ2v) is 10.4. The molecule has 1 aromatic carbocycles. The Labute approximate surface area is 169 Å². The van der Waals surface area contributed by atoms with Crippen LogP contribution in [0, 0.1) is 11.8 Å². The van der Waals surface area contributed by atoms with Gasteiger partial charge in [-0.05, 0) is 75.6 Å². The Morgan fingerprint density at radius 2 is 1.82 bits per heavy atom. The van der Waals surface area contributed by atoms with Crippen molar-refractivity contribution < 1.29 is 17.9 Å². The van der Waals surface area contributed by atoms with E-state index in [9.17, 15) is 13.2 Å². The molecule has 1 aromatic rings. The van der Waals surface area contributed by atoms with Gasteiger partial charge in [-0.1, -0.05) is 13.8 Å². The van der Waals surface area contributed by atoms with Crippen molar-refractivity contribution in [3.8, 4) is 5.75 Å². The van der Waals surface area contributed by atoms with Crippen molar-refractivity contribution in [2.75, 3.05) is 11.9 Å². The summed E-state index contributed by atoms with van der Waals surface area (Å²) in [5.74, 6) is 2.02. The number of carbonyl (C=O) groups excluding carboxylic acids is 1.